The molecule has 1 fully saturated rings. The Morgan fingerprint density at radius 2 is 2.17 bits per heavy atom. The van der Waals surface area contributed by atoms with Gasteiger partial charge in [-0.25, -0.2) is 4.39 Å². The molecule has 0 aromatic heterocycles. The Bertz CT molecular complexity index is 416. The SMILES string of the molecule is CC1SCCSC1C(O)Cc1cccc(F)c1Cl. The van der Waals surface area contributed by atoms with Crippen LogP contribution in [0.25, 0.3) is 0 Å². The van der Waals surface area contributed by atoms with Crippen LogP contribution < -0.4 is 0 Å². The molecule has 0 saturated carbocycles. The minimum Gasteiger partial charge on any atom is -0.392 e. The van der Waals surface area contributed by atoms with Gasteiger partial charge >= 0.3 is 0 Å². The van der Waals surface area contributed by atoms with Crippen molar-refractivity contribution in [1.82, 2.24) is 0 Å². The minimum atomic E-state index is -0.475. The van der Waals surface area contributed by atoms with E-state index in [1.807, 2.05) is 11.8 Å². The average molecular weight is 307 g/mol. The van der Waals surface area contributed by atoms with E-state index < -0.39 is 11.9 Å². The highest BCUT2D eigenvalue weighted by Gasteiger charge is 2.29. The van der Waals surface area contributed by atoms with E-state index in [0.29, 0.717) is 17.2 Å². The number of aliphatic hydroxyl groups excluding tert-OH is 1. The normalized spacial score (nSPS) is 26.0. The van der Waals surface area contributed by atoms with Gasteiger partial charge in [0.2, 0.25) is 0 Å². The van der Waals surface area contributed by atoms with E-state index in [-0.39, 0.29) is 10.3 Å². The fourth-order valence-corrected chi connectivity index (χ4v) is 5.17. The van der Waals surface area contributed by atoms with E-state index in [9.17, 15) is 9.50 Å². The summed E-state index contributed by atoms with van der Waals surface area (Å²) in [7, 11) is 0. The molecule has 3 atom stereocenters. The second-order valence-corrected chi connectivity index (χ2v) is 7.54. The predicted molar refractivity (Wildman–Crippen MR) is 79.3 cm³/mol. The highest BCUT2D eigenvalue weighted by molar-refractivity contribution is 8.07. The molecule has 3 unspecified atom stereocenters. The first-order chi connectivity index (χ1) is 8.59. The molecular weight excluding hydrogens is 291 g/mol. The number of thioether (sulfide) groups is 2. The lowest BCUT2D eigenvalue weighted by molar-refractivity contribution is 0.171. The number of rotatable bonds is 3. The summed E-state index contributed by atoms with van der Waals surface area (Å²) in [6.45, 7) is 2.14. The molecule has 0 radical (unpaired) electrons. The van der Waals surface area contributed by atoms with Gasteiger partial charge in [-0.1, -0.05) is 30.7 Å². The monoisotopic (exact) mass is 306 g/mol. The van der Waals surface area contributed by atoms with Gasteiger partial charge in [0.05, 0.1) is 11.1 Å². The molecule has 1 aromatic rings. The Kier molecular flexibility index (Phi) is 5.24. The van der Waals surface area contributed by atoms with Crippen LogP contribution >= 0.6 is 35.1 Å². The highest BCUT2D eigenvalue weighted by atomic mass is 35.5. The van der Waals surface area contributed by atoms with Gasteiger partial charge in [-0.3, -0.25) is 0 Å². The molecule has 1 aliphatic rings. The summed E-state index contributed by atoms with van der Waals surface area (Å²) in [6, 6.07) is 4.75. The smallest absolute Gasteiger partial charge is 0.142 e. The maximum absolute atomic E-state index is 13.3. The molecule has 1 aliphatic heterocycles. The van der Waals surface area contributed by atoms with Crippen LogP contribution in [0.15, 0.2) is 18.2 Å². The molecule has 1 heterocycles. The zero-order valence-corrected chi connectivity index (χ0v) is 12.5. The lowest BCUT2D eigenvalue weighted by Crippen LogP contribution is -2.36. The van der Waals surface area contributed by atoms with Crippen LogP contribution in [0.2, 0.25) is 5.02 Å². The number of aliphatic hydroxyl groups is 1. The molecule has 0 amide bonds. The van der Waals surface area contributed by atoms with E-state index in [0.717, 1.165) is 11.5 Å². The summed E-state index contributed by atoms with van der Waals surface area (Å²) in [5.41, 5.74) is 0.688. The molecule has 0 bridgehead atoms. The standard InChI is InChI=1S/C13H16ClFOS2/c1-8-13(18-6-5-17-8)11(16)7-9-3-2-4-10(15)12(9)14/h2-4,8,11,13,16H,5-7H2,1H3. The molecule has 1 saturated heterocycles. The van der Waals surface area contributed by atoms with Crippen molar-refractivity contribution < 1.29 is 9.50 Å². The van der Waals surface area contributed by atoms with E-state index in [1.165, 1.54) is 6.07 Å². The first-order valence-electron chi connectivity index (χ1n) is 5.93. The van der Waals surface area contributed by atoms with E-state index in [2.05, 4.69) is 6.92 Å². The van der Waals surface area contributed by atoms with Gasteiger partial charge in [0.25, 0.3) is 0 Å². The van der Waals surface area contributed by atoms with E-state index >= 15 is 0 Å². The molecule has 100 valence electrons. The van der Waals surface area contributed by atoms with Gasteiger partial charge in [-0.2, -0.15) is 23.5 Å². The van der Waals surface area contributed by atoms with Crippen molar-refractivity contribution in [3.8, 4) is 0 Å². The topological polar surface area (TPSA) is 20.2 Å². The summed E-state index contributed by atoms with van der Waals surface area (Å²) < 4.78 is 13.3. The van der Waals surface area contributed by atoms with Gasteiger partial charge in [0.1, 0.15) is 5.82 Å². The summed E-state index contributed by atoms with van der Waals surface area (Å²) in [4.78, 5) is 0. The lowest BCUT2D eigenvalue weighted by atomic mass is 10.0. The van der Waals surface area contributed by atoms with Crippen LogP contribution in [0.5, 0.6) is 0 Å². The maximum atomic E-state index is 13.3. The van der Waals surface area contributed by atoms with Gasteiger partial charge in [-0.15, -0.1) is 0 Å². The van der Waals surface area contributed by atoms with Gasteiger partial charge in [-0.05, 0) is 11.6 Å². The van der Waals surface area contributed by atoms with Crippen molar-refractivity contribution in [1.29, 1.82) is 0 Å². The number of hydrogen-bond donors (Lipinski definition) is 1. The fourth-order valence-electron chi connectivity index (χ4n) is 2.12. The van der Waals surface area contributed by atoms with Crippen LogP contribution in [-0.2, 0) is 6.42 Å². The molecule has 18 heavy (non-hydrogen) atoms. The summed E-state index contributed by atoms with van der Waals surface area (Å²) in [5, 5.41) is 11.1. The highest BCUT2D eigenvalue weighted by Crippen LogP contribution is 2.34. The number of halogens is 2. The summed E-state index contributed by atoms with van der Waals surface area (Å²) in [5.74, 6) is 1.78. The molecule has 1 nitrogen and oxygen atoms in total. The second-order valence-electron chi connectivity index (χ2n) is 4.40. The predicted octanol–water partition coefficient (Wildman–Crippen LogP) is 3.62. The fraction of sp³-hybridized carbons (Fsp3) is 0.538. The Hall–Kier alpha value is 0.1000. The van der Waals surface area contributed by atoms with Crippen molar-refractivity contribution in [2.45, 2.75) is 29.9 Å². The largest absolute Gasteiger partial charge is 0.392 e. The summed E-state index contributed by atoms with van der Waals surface area (Å²) >= 11 is 9.60. The molecule has 0 spiro atoms. The van der Waals surface area contributed by atoms with Gasteiger partial charge in [0.15, 0.2) is 0 Å². The van der Waals surface area contributed by atoms with Crippen molar-refractivity contribution in [3.63, 3.8) is 0 Å². The van der Waals surface area contributed by atoms with Gasteiger partial charge < -0.3 is 5.11 Å². The Morgan fingerprint density at radius 1 is 1.44 bits per heavy atom. The average Bonchev–Trinajstić information content (AvgIpc) is 2.35. The van der Waals surface area contributed by atoms with Crippen LogP contribution in [-0.4, -0.2) is 33.2 Å². The zero-order chi connectivity index (χ0) is 13.1. The van der Waals surface area contributed by atoms with Crippen molar-refractivity contribution in [2.24, 2.45) is 0 Å². The Balaban J connectivity index is 2.06. The Morgan fingerprint density at radius 3 is 2.89 bits per heavy atom. The maximum Gasteiger partial charge on any atom is 0.142 e. The zero-order valence-electron chi connectivity index (χ0n) is 10.1. The first-order valence-corrected chi connectivity index (χ1v) is 8.41. The lowest BCUT2D eigenvalue weighted by Gasteiger charge is -2.31. The first kappa shape index (κ1) is 14.5. The van der Waals surface area contributed by atoms with Gasteiger partial charge in [0, 0.05) is 28.4 Å². The number of hydrogen-bond acceptors (Lipinski definition) is 3. The van der Waals surface area contributed by atoms with E-state index in [4.69, 9.17) is 11.6 Å². The van der Waals surface area contributed by atoms with Crippen LogP contribution in [0.4, 0.5) is 4.39 Å². The van der Waals surface area contributed by atoms with Crippen LogP contribution in [0, 0.1) is 5.82 Å². The third-order valence-electron chi connectivity index (χ3n) is 3.08. The molecule has 2 rings (SSSR count). The van der Waals surface area contributed by atoms with E-state index in [1.54, 1.807) is 23.9 Å². The minimum absolute atomic E-state index is 0.137. The quantitative estimate of drug-likeness (QED) is 0.921. The third-order valence-corrected chi connectivity index (χ3v) is 6.74. The van der Waals surface area contributed by atoms with Crippen molar-refractivity contribution in [3.05, 3.63) is 34.6 Å². The summed E-state index contributed by atoms with van der Waals surface area (Å²) in [6.07, 6.45) is -0.0591. The van der Waals surface area contributed by atoms with Crippen LogP contribution in [0.3, 0.4) is 0 Å². The molecule has 5 heteroatoms. The van der Waals surface area contributed by atoms with Crippen LogP contribution in [0.1, 0.15) is 12.5 Å². The molecule has 0 aliphatic carbocycles. The molecular formula is C13H16ClFOS2. The molecule has 1 N–H and O–H groups in total. The third kappa shape index (κ3) is 3.35. The Labute approximate surface area is 120 Å². The van der Waals surface area contributed by atoms with Crippen molar-refractivity contribution >= 4 is 35.1 Å². The van der Waals surface area contributed by atoms with Crippen molar-refractivity contribution in [2.75, 3.05) is 11.5 Å². The molecule has 1 aromatic carbocycles. The number of benzene rings is 1. The second kappa shape index (κ2) is 6.51.